The van der Waals surface area contributed by atoms with Crippen LogP contribution in [0, 0.1) is 41.5 Å². The molecule has 0 aromatic heterocycles. The molecule has 1 aliphatic carbocycles. The number of hydrogen-bond acceptors (Lipinski definition) is 11. The van der Waals surface area contributed by atoms with E-state index in [-0.39, 0.29) is 67.3 Å². The zero-order valence-corrected chi connectivity index (χ0v) is 34.1. The van der Waals surface area contributed by atoms with Gasteiger partial charge in [0.15, 0.2) is 0 Å². The van der Waals surface area contributed by atoms with Crippen molar-refractivity contribution in [3.63, 3.8) is 0 Å². The molecule has 302 valence electrons. The number of nitrogens with one attached hydrogen (secondary N) is 3. The minimum absolute atomic E-state index is 0.105. The van der Waals surface area contributed by atoms with Crippen LogP contribution in [-0.4, -0.2) is 51.7 Å². The van der Waals surface area contributed by atoms with Crippen molar-refractivity contribution in [2.75, 3.05) is 16.0 Å². The van der Waals surface area contributed by atoms with Gasteiger partial charge in [-0.1, -0.05) is 18.2 Å². The zero-order chi connectivity index (χ0) is 42.6. The number of fused-ring (bicyclic) bond motifs is 2. The molecule has 6 N–H and O–H groups in total. The molecule has 4 aromatic rings. The minimum atomic E-state index is -4.77. The Morgan fingerprint density at radius 3 is 1.76 bits per heavy atom. The van der Waals surface area contributed by atoms with Gasteiger partial charge < -0.3 is 20.4 Å². The molecule has 4 aromatic carbocycles. The van der Waals surface area contributed by atoms with Crippen LogP contribution in [0.4, 0.5) is 28.4 Å². The Morgan fingerprint density at radius 2 is 1.17 bits per heavy atom. The molecule has 6 rings (SSSR count). The van der Waals surface area contributed by atoms with Gasteiger partial charge >= 0.3 is 0 Å². The molecule has 16 nitrogen and oxygen atoms in total. The van der Waals surface area contributed by atoms with Crippen LogP contribution in [0.1, 0.15) is 33.4 Å². The topological polar surface area (TPSA) is 259 Å². The first-order valence-electron chi connectivity index (χ1n) is 17.1. The quantitative estimate of drug-likeness (QED) is 0.0441. The first-order valence-corrected chi connectivity index (χ1v) is 21.4. The van der Waals surface area contributed by atoms with Gasteiger partial charge in [0.25, 0.3) is 30.4 Å². The van der Waals surface area contributed by atoms with Crippen molar-refractivity contribution < 1.29 is 52.9 Å². The van der Waals surface area contributed by atoms with Gasteiger partial charge in [0, 0.05) is 57.0 Å². The molecular weight excluding hydrogens is 813 g/mol. The van der Waals surface area contributed by atoms with E-state index in [9.17, 15) is 48.5 Å². The van der Waals surface area contributed by atoms with Gasteiger partial charge in [-0.25, -0.2) is 4.99 Å². The smallest absolute Gasteiger partial charge is 0.295 e. The SMILES string of the molecule is Cc1c(N=c2ccc3c(-c4ccccc4S(=O)(=O)O)c4ccc(Nc5c(C)c(NC=O)c(C)c(S(=O)(=O)O)c5C)cc4oc-3c2)c(C)c(S(=O)(=O)O)c(C)c1NC=O. The van der Waals surface area contributed by atoms with Crippen molar-refractivity contribution in [2.45, 2.75) is 56.2 Å². The fourth-order valence-electron chi connectivity index (χ4n) is 7.55. The summed E-state index contributed by atoms with van der Waals surface area (Å²) in [4.78, 5) is 26.4. The second kappa shape index (κ2) is 15.1. The Hall–Kier alpha value is -5.96. The summed E-state index contributed by atoms with van der Waals surface area (Å²) in [5.41, 5.74) is 3.37. The third-order valence-electron chi connectivity index (χ3n) is 9.90. The van der Waals surface area contributed by atoms with Crippen LogP contribution in [-0.2, 0) is 39.9 Å². The van der Waals surface area contributed by atoms with Crippen LogP contribution in [0.15, 0.2) is 84.8 Å². The summed E-state index contributed by atoms with van der Waals surface area (Å²) in [6, 6.07) is 15.3. The van der Waals surface area contributed by atoms with Crippen molar-refractivity contribution in [2.24, 2.45) is 4.99 Å². The minimum Gasteiger partial charge on any atom is -0.456 e. The highest BCUT2D eigenvalue weighted by molar-refractivity contribution is 7.86. The summed E-state index contributed by atoms with van der Waals surface area (Å²) in [5, 5.41) is 8.77. The molecule has 0 spiro atoms. The van der Waals surface area contributed by atoms with Gasteiger partial charge in [-0.05, 0) is 105 Å². The van der Waals surface area contributed by atoms with Gasteiger partial charge in [0.05, 0.1) is 11.0 Å². The highest BCUT2D eigenvalue weighted by Gasteiger charge is 2.28. The number of amides is 2. The maximum Gasteiger partial charge on any atom is 0.295 e. The zero-order valence-electron chi connectivity index (χ0n) is 31.6. The lowest BCUT2D eigenvalue weighted by Crippen LogP contribution is -2.12. The molecule has 1 heterocycles. The van der Waals surface area contributed by atoms with Crippen molar-refractivity contribution in [1.29, 1.82) is 0 Å². The van der Waals surface area contributed by atoms with E-state index in [4.69, 9.17) is 9.41 Å². The van der Waals surface area contributed by atoms with Crippen molar-refractivity contribution in [3.8, 4) is 22.5 Å². The van der Waals surface area contributed by atoms with E-state index in [1.807, 2.05) is 0 Å². The molecule has 0 unspecified atom stereocenters. The standard InChI is InChI=1S/C39H36N4O12S3/c1-19-34(40-17-44)21(3)38(57(49,50)51)23(5)36(19)42-25-11-13-27-30(15-25)55-31-16-26(12-14-28(31)33(27)29-9-7-8-10-32(29)56(46,47)48)43-37-20(2)35(41-18-45)22(4)39(24(37)6)58(52,53)54/h7-18,42H,1-6H3,(H,40,44)(H,41,45)(H,46,47,48)(H,49,50,51)(H,52,53,54). The summed E-state index contributed by atoms with van der Waals surface area (Å²) < 4.78 is 112. The number of anilines is 4. The maximum atomic E-state index is 12.7. The Kier molecular flexibility index (Phi) is 10.8. The lowest BCUT2D eigenvalue weighted by Gasteiger charge is -2.22. The molecule has 1 aliphatic heterocycles. The first-order chi connectivity index (χ1) is 27.1. The molecule has 19 heteroatoms. The molecule has 58 heavy (non-hydrogen) atoms. The molecule has 2 amide bonds. The molecule has 0 atom stereocenters. The maximum absolute atomic E-state index is 12.7. The fourth-order valence-corrected chi connectivity index (χ4v) is 10.2. The third kappa shape index (κ3) is 7.46. The monoisotopic (exact) mass is 848 g/mol. The molecule has 0 radical (unpaired) electrons. The van der Waals surface area contributed by atoms with Crippen molar-refractivity contribution in [1.82, 2.24) is 0 Å². The lowest BCUT2D eigenvalue weighted by molar-refractivity contribution is -0.106. The van der Waals surface area contributed by atoms with Gasteiger partial charge in [-0.2, -0.15) is 25.3 Å². The number of rotatable bonds is 11. The van der Waals surface area contributed by atoms with Crippen molar-refractivity contribution >= 4 is 82.6 Å². The second-order valence-corrected chi connectivity index (χ2v) is 17.5. The number of hydrogen-bond donors (Lipinski definition) is 6. The number of carbonyl (C=O) groups excluding carboxylic acids is 2. The van der Waals surface area contributed by atoms with Crippen LogP contribution in [0.25, 0.3) is 33.4 Å². The largest absolute Gasteiger partial charge is 0.456 e. The van der Waals surface area contributed by atoms with E-state index in [0.717, 1.165) is 0 Å². The van der Waals surface area contributed by atoms with Crippen LogP contribution >= 0.6 is 0 Å². The summed E-state index contributed by atoms with van der Waals surface area (Å²) >= 11 is 0. The Morgan fingerprint density at radius 1 is 0.603 bits per heavy atom. The van der Waals surface area contributed by atoms with Crippen LogP contribution in [0.2, 0.25) is 0 Å². The number of benzene rings is 5. The summed E-state index contributed by atoms with van der Waals surface area (Å²) in [6.45, 7) is 9.08. The molecule has 0 saturated heterocycles. The van der Waals surface area contributed by atoms with Crippen LogP contribution < -0.4 is 21.3 Å². The molecule has 0 bridgehead atoms. The highest BCUT2D eigenvalue weighted by Crippen LogP contribution is 2.44. The Balaban J connectivity index is 1.67. The van der Waals surface area contributed by atoms with Gasteiger partial charge in [0.2, 0.25) is 12.8 Å². The molecule has 2 aliphatic rings. The van der Waals surface area contributed by atoms with E-state index in [2.05, 4.69) is 16.0 Å². The normalized spacial score (nSPS) is 12.5. The summed E-state index contributed by atoms with van der Waals surface area (Å²) in [7, 11) is -14.3. The van der Waals surface area contributed by atoms with Crippen molar-refractivity contribution in [3.05, 3.63) is 99.4 Å². The highest BCUT2D eigenvalue weighted by atomic mass is 32.2. The van der Waals surface area contributed by atoms with Gasteiger partial charge in [0.1, 0.15) is 26.0 Å². The Bertz CT molecular complexity index is 3120. The van der Waals surface area contributed by atoms with E-state index < -0.39 is 45.0 Å². The van der Waals surface area contributed by atoms with Gasteiger partial charge in [-0.3, -0.25) is 23.2 Å². The second-order valence-electron chi connectivity index (χ2n) is 13.4. The number of nitrogens with zero attached hydrogens (tertiary/aromatic N) is 1. The lowest BCUT2D eigenvalue weighted by atomic mass is 9.93. The summed E-state index contributed by atoms with van der Waals surface area (Å²) in [5.74, 6) is 0.156. The fraction of sp³-hybridized carbons (Fsp3) is 0.154. The van der Waals surface area contributed by atoms with Gasteiger partial charge in [-0.15, -0.1) is 0 Å². The van der Waals surface area contributed by atoms with Crippen LogP contribution in [0.3, 0.4) is 0 Å². The summed E-state index contributed by atoms with van der Waals surface area (Å²) in [6.07, 6.45) is 0.748. The first kappa shape index (κ1) is 41.7. The molecular formula is C39H36N4O12S3. The Labute approximate surface area is 333 Å². The number of carbonyl (C=O) groups is 2. The predicted octanol–water partition coefficient (Wildman–Crippen LogP) is 6.91. The predicted molar refractivity (Wildman–Crippen MR) is 217 cm³/mol. The average molecular weight is 849 g/mol. The molecule has 0 saturated carbocycles. The van der Waals surface area contributed by atoms with E-state index in [1.165, 1.54) is 52.0 Å². The molecule has 0 fully saturated rings. The third-order valence-corrected chi connectivity index (χ3v) is 13.1. The average Bonchev–Trinajstić information content (AvgIpc) is 3.12. The van der Waals surface area contributed by atoms with E-state index >= 15 is 0 Å². The van der Waals surface area contributed by atoms with E-state index in [0.29, 0.717) is 46.1 Å². The van der Waals surface area contributed by atoms with E-state index in [1.54, 1.807) is 50.2 Å². The van der Waals surface area contributed by atoms with Crippen LogP contribution in [0.5, 0.6) is 0 Å².